The molecule has 0 spiro atoms. The number of nitrogens with zero attached hydrogens (tertiary/aromatic N) is 4. The van der Waals surface area contributed by atoms with Gasteiger partial charge in [0.2, 0.25) is 5.95 Å². The lowest BCUT2D eigenvalue weighted by atomic mass is 10.00. The SMILES string of the molecule is O=c1nc(N2CC=C(c3ccc(F)cc3)CC2)ncn1Cc1ccc(C2CC2)s1. The molecule has 1 aliphatic carbocycles. The molecule has 1 fully saturated rings. The van der Waals surface area contributed by atoms with Crippen LogP contribution in [0.15, 0.2) is 53.6 Å². The summed E-state index contributed by atoms with van der Waals surface area (Å²) in [4.78, 5) is 25.7. The Bertz CT molecular complexity index is 1110. The fourth-order valence-corrected chi connectivity index (χ4v) is 4.80. The predicted molar refractivity (Wildman–Crippen MR) is 113 cm³/mol. The molecule has 1 aromatic carbocycles. The zero-order chi connectivity index (χ0) is 19.8. The molecule has 0 radical (unpaired) electrons. The van der Waals surface area contributed by atoms with Gasteiger partial charge in [-0.2, -0.15) is 4.98 Å². The van der Waals surface area contributed by atoms with Crippen LogP contribution in [0.2, 0.25) is 0 Å². The highest BCUT2D eigenvalue weighted by Crippen LogP contribution is 2.43. The number of thiophene rings is 1. The minimum absolute atomic E-state index is 0.230. The van der Waals surface area contributed by atoms with E-state index in [4.69, 9.17) is 0 Å². The molecular weight excluding hydrogens is 387 g/mol. The van der Waals surface area contributed by atoms with Crippen LogP contribution in [0.1, 0.15) is 40.5 Å². The molecule has 148 valence electrons. The second-order valence-electron chi connectivity index (χ2n) is 7.58. The zero-order valence-electron chi connectivity index (χ0n) is 15.9. The molecule has 0 bridgehead atoms. The molecule has 29 heavy (non-hydrogen) atoms. The van der Waals surface area contributed by atoms with Crippen molar-refractivity contribution in [3.8, 4) is 0 Å². The smallest absolute Gasteiger partial charge is 0.337 e. The summed E-state index contributed by atoms with van der Waals surface area (Å²) in [6.45, 7) is 1.87. The van der Waals surface area contributed by atoms with Crippen LogP contribution in [-0.4, -0.2) is 27.6 Å². The summed E-state index contributed by atoms with van der Waals surface area (Å²) in [6.07, 6.45) is 7.06. The molecule has 0 N–H and O–H groups in total. The van der Waals surface area contributed by atoms with Crippen LogP contribution in [-0.2, 0) is 6.54 Å². The van der Waals surface area contributed by atoms with Crippen LogP contribution in [0, 0.1) is 5.82 Å². The molecule has 5 nitrogen and oxygen atoms in total. The first kappa shape index (κ1) is 18.2. The van der Waals surface area contributed by atoms with Gasteiger partial charge in [0, 0.05) is 22.8 Å². The third-order valence-corrected chi connectivity index (χ3v) is 6.68. The Labute approximate surface area is 172 Å². The Balaban J connectivity index is 1.27. The van der Waals surface area contributed by atoms with Crippen LogP contribution in [0.25, 0.3) is 5.57 Å². The Morgan fingerprint density at radius 2 is 1.97 bits per heavy atom. The summed E-state index contributed by atoms with van der Waals surface area (Å²) >= 11 is 1.78. The number of benzene rings is 1. The van der Waals surface area contributed by atoms with Gasteiger partial charge in [-0.1, -0.05) is 18.2 Å². The maximum atomic E-state index is 13.1. The number of rotatable bonds is 5. The van der Waals surface area contributed by atoms with Gasteiger partial charge in [-0.3, -0.25) is 4.57 Å². The molecule has 1 saturated carbocycles. The van der Waals surface area contributed by atoms with E-state index in [0.29, 0.717) is 19.0 Å². The Hall–Kier alpha value is -2.80. The van der Waals surface area contributed by atoms with E-state index in [9.17, 15) is 9.18 Å². The highest BCUT2D eigenvalue weighted by atomic mass is 32.1. The summed E-state index contributed by atoms with van der Waals surface area (Å²) in [6, 6.07) is 10.8. The molecule has 0 amide bonds. The second kappa shape index (κ2) is 7.55. The van der Waals surface area contributed by atoms with Crippen molar-refractivity contribution in [3.63, 3.8) is 0 Å². The van der Waals surface area contributed by atoms with E-state index in [0.717, 1.165) is 29.3 Å². The van der Waals surface area contributed by atoms with Crippen molar-refractivity contribution in [3.05, 3.63) is 80.4 Å². The number of anilines is 1. The number of hydrogen-bond acceptors (Lipinski definition) is 5. The highest BCUT2D eigenvalue weighted by Gasteiger charge is 2.25. The maximum absolute atomic E-state index is 13.1. The summed E-state index contributed by atoms with van der Waals surface area (Å²) < 4.78 is 14.7. The molecule has 2 aromatic heterocycles. The van der Waals surface area contributed by atoms with Crippen LogP contribution in [0.5, 0.6) is 0 Å². The van der Waals surface area contributed by atoms with Gasteiger partial charge in [0.1, 0.15) is 12.1 Å². The third-order valence-electron chi connectivity index (χ3n) is 5.45. The van der Waals surface area contributed by atoms with Crippen LogP contribution >= 0.6 is 11.3 Å². The number of halogens is 1. The van der Waals surface area contributed by atoms with E-state index in [1.807, 2.05) is 4.90 Å². The van der Waals surface area contributed by atoms with E-state index < -0.39 is 0 Å². The quantitative estimate of drug-likeness (QED) is 0.639. The van der Waals surface area contributed by atoms with Crippen LogP contribution < -0.4 is 10.6 Å². The average molecular weight is 409 g/mol. The lowest BCUT2D eigenvalue weighted by Crippen LogP contribution is -2.33. The second-order valence-corrected chi connectivity index (χ2v) is 8.78. The molecule has 3 heterocycles. The molecule has 5 rings (SSSR count). The fraction of sp³-hybridized carbons (Fsp3) is 0.318. The monoisotopic (exact) mass is 408 g/mol. The van der Waals surface area contributed by atoms with E-state index in [1.54, 1.807) is 34.4 Å². The van der Waals surface area contributed by atoms with Crippen molar-refractivity contribution in [2.75, 3.05) is 18.0 Å². The van der Waals surface area contributed by atoms with Gasteiger partial charge in [-0.05, 0) is 60.6 Å². The van der Waals surface area contributed by atoms with Crippen molar-refractivity contribution < 1.29 is 4.39 Å². The predicted octanol–water partition coefficient (Wildman–Crippen LogP) is 4.06. The topological polar surface area (TPSA) is 51.0 Å². The van der Waals surface area contributed by atoms with Gasteiger partial charge >= 0.3 is 5.69 Å². The van der Waals surface area contributed by atoms with E-state index in [1.165, 1.54) is 35.4 Å². The lowest BCUT2D eigenvalue weighted by molar-refractivity contribution is 0.627. The molecule has 1 aliphatic heterocycles. The Morgan fingerprint density at radius 3 is 2.66 bits per heavy atom. The van der Waals surface area contributed by atoms with Gasteiger partial charge in [-0.25, -0.2) is 14.2 Å². The molecule has 2 aliphatic rings. The summed E-state index contributed by atoms with van der Waals surface area (Å²) in [5.74, 6) is 0.966. The fourth-order valence-electron chi connectivity index (χ4n) is 3.62. The number of hydrogen-bond donors (Lipinski definition) is 0. The highest BCUT2D eigenvalue weighted by molar-refractivity contribution is 7.12. The van der Waals surface area contributed by atoms with Gasteiger partial charge in [-0.15, -0.1) is 11.3 Å². The standard InChI is InChI=1S/C22H21FN4OS/c23-18-5-3-15(4-6-18)16-9-11-26(12-10-16)21-24-14-27(22(28)25-21)13-19-7-8-20(29-19)17-1-2-17/h3-9,14,17H,1-2,10-13H2. The van der Waals surface area contributed by atoms with Crippen LogP contribution in [0.3, 0.4) is 0 Å². The van der Waals surface area contributed by atoms with E-state index >= 15 is 0 Å². The minimum Gasteiger partial charge on any atom is -0.337 e. The first-order valence-corrected chi connectivity index (χ1v) is 10.7. The van der Waals surface area contributed by atoms with Gasteiger partial charge in [0.25, 0.3) is 0 Å². The molecular formula is C22H21FN4OS. The summed E-state index contributed by atoms with van der Waals surface area (Å²) in [5, 5.41) is 0. The molecule has 0 unspecified atom stereocenters. The summed E-state index contributed by atoms with van der Waals surface area (Å²) in [5.41, 5.74) is 1.94. The lowest BCUT2D eigenvalue weighted by Gasteiger charge is -2.26. The molecule has 3 aromatic rings. The molecule has 0 saturated heterocycles. The maximum Gasteiger partial charge on any atom is 0.352 e. The van der Waals surface area contributed by atoms with Crippen molar-refractivity contribution in [2.45, 2.75) is 31.7 Å². The largest absolute Gasteiger partial charge is 0.352 e. The third kappa shape index (κ3) is 4.00. The first-order valence-electron chi connectivity index (χ1n) is 9.88. The van der Waals surface area contributed by atoms with Crippen molar-refractivity contribution in [1.82, 2.24) is 14.5 Å². The number of aromatic nitrogens is 3. The summed E-state index contributed by atoms with van der Waals surface area (Å²) in [7, 11) is 0. The Morgan fingerprint density at radius 1 is 1.14 bits per heavy atom. The first-order chi connectivity index (χ1) is 14.2. The molecule has 0 atom stereocenters. The van der Waals surface area contributed by atoms with Crippen molar-refractivity contribution in [2.24, 2.45) is 0 Å². The Kier molecular flexibility index (Phi) is 4.75. The van der Waals surface area contributed by atoms with Gasteiger partial charge < -0.3 is 4.90 Å². The van der Waals surface area contributed by atoms with Crippen molar-refractivity contribution >= 4 is 22.9 Å². The zero-order valence-corrected chi connectivity index (χ0v) is 16.7. The van der Waals surface area contributed by atoms with Gasteiger partial charge in [0.05, 0.1) is 6.54 Å². The van der Waals surface area contributed by atoms with Crippen LogP contribution in [0.4, 0.5) is 10.3 Å². The normalized spacial score (nSPS) is 16.7. The van der Waals surface area contributed by atoms with E-state index in [-0.39, 0.29) is 11.5 Å². The molecule has 7 heteroatoms. The van der Waals surface area contributed by atoms with Gasteiger partial charge in [0.15, 0.2) is 0 Å². The van der Waals surface area contributed by atoms with Crippen molar-refractivity contribution in [1.29, 1.82) is 0 Å². The average Bonchev–Trinajstić information content (AvgIpc) is 3.49. The van der Waals surface area contributed by atoms with E-state index in [2.05, 4.69) is 28.2 Å². The minimum atomic E-state index is -0.273.